The monoisotopic (exact) mass is 372 g/mol. The molecule has 0 aliphatic rings. The van der Waals surface area contributed by atoms with E-state index < -0.39 is 0 Å². The van der Waals surface area contributed by atoms with Gasteiger partial charge in [-0.1, -0.05) is 23.7 Å². The van der Waals surface area contributed by atoms with Gasteiger partial charge in [-0.15, -0.1) is 0 Å². The molecule has 0 saturated heterocycles. The molecule has 134 valence electrons. The second-order valence-corrected chi connectivity index (χ2v) is 5.81. The predicted molar refractivity (Wildman–Crippen MR) is 98.6 cm³/mol. The molecule has 3 aromatic rings. The molecule has 0 spiro atoms. The van der Waals surface area contributed by atoms with Crippen molar-refractivity contribution in [3.8, 4) is 34.3 Å². The summed E-state index contributed by atoms with van der Waals surface area (Å²) in [5.74, 6) is 1.79. The van der Waals surface area contributed by atoms with Crippen LogP contribution in [0, 0.1) is 0 Å². The second-order valence-electron chi connectivity index (χ2n) is 5.40. The van der Waals surface area contributed by atoms with Crippen LogP contribution in [0.2, 0.25) is 5.02 Å². The SMILES string of the molecule is COc1ccc(-c2nn(C(C)=O)cc2Oc2ccccc2Cl)c(OC)c1. The number of rotatable bonds is 5. The van der Waals surface area contributed by atoms with Crippen LogP contribution in [0.25, 0.3) is 11.3 Å². The standard InChI is InChI=1S/C19H17ClN2O4/c1-12(23)22-11-18(26-16-7-5-4-6-15(16)20)19(21-22)14-9-8-13(24-2)10-17(14)25-3/h4-11H,1-3H3. The van der Waals surface area contributed by atoms with Crippen molar-refractivity contribution < 1.29 is 19.0 Å². The number of para-hydroxylation sites is 1. The fourth-order valence-corrected chi connectivity index (χ4v) is 2.60. The first-order valence-corrected chi connectivity index (χ1v) is 8.16. The van der Waals surface area contributed by atoms with Crippen molar-refractivity contribution in [3.63, 3.8) is 0 Å². The Labute approximate surface area is 155 Å². The van der Waals surface area contributed by atoms with Gasteiger partial charge in [0, 0.05) is 18.6 Å². The Morgan fingerprint density at radius 2 is 1.81 bits per heavy atom. The second kappa shape index (κ2) is 7.49. The minimum atomic E-state index is -0.243. The molecule has 0 unspecified atom stereocenters. The Hall–Kier alpha value is -2.99. The van der Waals surface area contributed by atoms with Gasteiger partial charge < -0.3 is 14.2 Å². The third kappa shape index (κ3) is 3.50. The Bertz CT molecular complexity index is 952. The molecular formula is C19H17ClN2O4. The van der Waals surface area contributed by atoms with Crippen LogP contribution in [0.1, 0.15) is 11.7 Å². The number of ether oxygens (including phenoxy) is 3. The first kappa shape index (κ1) is 17.8. The fraction of sp³-hybridized carbons (Fsp3) is 0.158. The molecule has 0 bridgehead atoms. The molecule has 0 N–H and O–H groups in total. The average Bonchev–Trinajstić information content (AvgIpc) is 3.07. The first-order chi connectivity index (χ1) is 12.5. The molecule has 0 radical (unpaired) electrons. The molecular weight excluding hydrogens is 356 g/mol. The van der Waals surface area contributed by atoms with E-state index in [9.17, 15) is 4.79 Å². The van der Waals surface area contributed by atoms with E-state index in [0.29, 0.717) is 39.3 Å². The summed E-state index contributed by atoms with van der Waals surface area (Å²) in [6.45, 7) is 1.42. The molecule has 1 aromatic heterocycles. The molecule has 2 aromatic carbocycles. The summed E-state index contributed by atoms with van der Waals surface area (Å²) in [6, 6.07) is 12.4. The number of carbonyl (C=O) groups excluding carboxylic acids is 1. The summed E-state index contributed by atoms with van der Waals surface area (Å²) in [6.07, 6.45) is 1.52. The molecule has 26 heavy (non-hydrogen) atoms. The number of methoxy groups -OCH3 is 2. The number of carbonyl (C=O) groups is 1. The van der Waals surface area contributed by atoms with Gasteiger partial charge in [0.25, 0.3) is 0 Å². The smallest absolute Gasteiger partial charge is 0.243 e. The summed E-state index contributed by atoms with van der Waals surface area (Å²) in [5, 5.41) is 4.80. The largest absolute Gasteiger partial charge is 0.497 e. The van der Waals surface area contributed by atoms with Gasteiger partial charge in [-0.3, -0.25) is 4.79 Å². The van der Waals surface area contributed by atoms with E-state index in [4.69, 9.17) is 25.8 Å². The van der Waals surface area contributed by atoms with Crippen LogP contribution in [0.5, 0.6) is 23.0 Å². The summed E-state index contributed by atoms with van der Waals surface area (Å²) in [7, 11) is 3.12. The molecule has 0 saturated carbocycles. The zero-order valence-electron chi connectivity index (χ0n) is 14.5. The number of hydrogen-bond donors (Lipinski definition) is 0. The predicted octanol–water partition coefficient (Wildman–Crippen LogP) is 4.67. The van der Waals surface area contributed by atoms with E-state index >= 15 is 0 Å². The molecule has 3 rings (SSSR count). The fourth-order valence-electron chi connectivity index (χ4n) is 2.42. The lowest BCUT2D eigenvalue weighted by Crippen LogP contribution is -2.05. The first-order valence-electron chi connectivity index (χ1n) is 7.79. The highest BCUT2D eigenvalue weighted by atomic mass is 35.5. The third-order valence-corrected chi connectivity index (χ3v) is 4.04. The van der Waals surface area contributed by atoms with Crippen molar-refractivity contribution in [2.24, 2.45) is 0 Å². The maximum atomic E-state index is 11.8. The van der Waals surface area contributed by atoms with E-state index in [2.05, 4.69) is 5.10 Å². The van der Waals surface area contributed by atoms with Crippen molar-refractivity contribution in [3.05, 3.63) is 53.7 Å². The molecule has 0 atom stereocenters. The topological polar surface area (TPSA) is 62.6 Å². The van der Waals surface area contributed by atoms with Crippen LogP contribution in [0.3, 0.4) is 0 Å². The van der Waals surface area contributed by atoms with Crippen LogP contribution in [-0.2, 0) is 0 Å². The van der Waals surface area contributed by atoms with Crippen LogP contribution < -0.4 is 14.2 Å². The van der Waals surface area contributed by atoms with E-state index in [-0.39, 0.29) is 5.91 Å². The van der Waals surface area contributed by atoms with Gasteiger partial charge in [0.1, 0.15) is 22.9 Å². The highest BCUT2D eigenvalue weighted by Crippen LogP contribution is 2.40. The highest BCUT2D eigenvalue weighted by molar-refractivity contribution is 6.32. The van der Waals surface area contributed by atoms with Gasteiger partial charge in [0.05, 0.1) is 25.4 Å². The molecule has 0 fully saturated rings. The van der Waals surface area contributed by atoms with Crippen molar-refractivity contribution in [2.45, 2.75) is 6.92 Å². The highest BCUT2D eigenvalue weighted by Gasteiger charge is 2.20. The average molecular weight is 373 g/mol. The Morgan fingerprint density at radius 1 is 1.04 bits per heavy atom. The van der Waals surface area contributed by atoms with Crippen molar-refractivity contribution in [2.75, 3.05) is 14.2 Å². The van der Waals surface area contributed by atoms with Gasteiger partial charge in [0.2, 0.25) is 5.91 Å². The number of hydrogen-bond acceptors (Lipinski definition) is 5. The maximum Gasteiger partial charge on any atom is 0.243 e. The van der Waals surface area contributed by atoms with Gasteiger partial charge in [0.15, 0.2) is 5.75 Å². The van der Waals surface area contributed by atoms with Gasteiger partial charge in [-0.2, -0.15) is 5.10 Å². The third-order valence-electron chi connectivity index (χ3n) is 3.72. The number of halogens is 1. The maximum absolute atomic E-state index is 11.8. The number of nitrogens with zero attached hydrogens (tertiary/aromatic N) is 2. The summed E-state index contributed by atoms with van der Waals surface area (Å²) in [4.78, 5) is 11.8. The van der Waals surface area contributed by atoms with Gasteiger partial charge in [-0.25, -0.2) is 4.68 Å². The van der Waals surface area contributed by atoms with E-state index in [0.717, 1.165) is 0 Å². The van der Waals surface area contributed by atoms with Gasteiger partial charge in [-0.05, 0) is 24.3 Å². The van der Waals surface area contributed by atoms with Crippen molar-refractivity contribution in [1.82, 2.24) is 9.78 Å². The van der Waals surface area contributed by atoms with E-state index in [1.54, 1.807) is 44.6 Å². The molecule has 0 aliphatic heterocycles. The molecule has 1 heterocycles. The van der Waals surface area contributed by atoms with Crippen molar-refractivity contribution in [1.29, 1.82) is 0 Å². The summed E-state index contributed by atoms with van der Waals surface area (Å²) >= 11 is 6.18. The minimum Gasteiger partial charge on any atom is -0.497 e. The lowest BCUT2D eigenvalue weighted by molar-refractivity contribution is 0.0921. The molecule has 6 nitrogen and oxygen atoms in total. The lowest BCUT2D eigenvalue weighted by atomic mass is 10.1. The van der Waals surface area contributed by atoms with Crippen LogP contribution in [0.4, 0.5) is 0 Å². The summed E-state index contributed by atoms with van der Waals surface area (Å²) < 4.78 is 17.8. The molecule has 7 heteroatoms. The number of aromatic nitrogens is 2. The zero-order valence-corrected chi connectivity index (χ0v) is 15.3. The van der Waals surface area contributed by atoms with Crippen LogP contribution in [0.15, 0.2) is 48.7 Å². The van der Waals surface area contributed by atoms with E-state index in [1.807, 2.05) is 12.1 Å². The number of benzene rings is 2. The minimum absolute atomic E-state index is 0.243. The van der Waals surface area contributed by atoms with Gasteiger partial charge >= 0.3 is 0 Å². The Morgan fingerprint density at radius 3 is 2.46 bits per heavy atom. The van der Waals surface area contributed by atoms with Crippen LogP contribution >= 0.6 is 11.6 Å². The Balaban J connectivity index is 2.12. The Kier molecular flexibility index (Phi) is 5.14. The lowest BCUT2D eigenvalue weighted by Gasteiger charge is -2.11. The quantitative estimate of drug-likeness (QED) is 0.651. The van der Waals surface area contributed by atoms with Crippen molar-refractivity contribution >= 4 is 17.5 Å². The normalized spacial score (nSPS) is 10.5. The van der Waals surface area contributed by atoms with E-state index in [1.165, 1.54) is 17.8 Å². The molecule has 0 aliphatic carbocycles. The summed E-state index contributed by atoms with van der Waals surface area (Å²) in [5.41, 5.74) is 1.12. The zero-order chi connectivity index (χ0) is 18.7. The van der Waals surface area contributed by atoms with Crippen LogP contribution in [-0.4, -0.2) is 29.9 Å². The molecule has 0 amide bonds.